The van der Waals surface area contributed by atoms with Crippen LogP contribution in [0.3, 0.4) is 0 Å². The molecule has 0 amide bonds. The molecule has 10 nitrogen and oxygen atoms in total. The van der Waals surface area contributed by atoms with E-state index in [1.807, 2.05) is 0 Å². The molecular weight excluding hydrogens is 683 g/mol. The largest absolute Gasteiger partial charge is 0.472 e. The Balaban J connectivity index is 4.22. The van der Waals surface area contributed by atoms with Gasteiger partial charge in [-0.15, -0.1) is 0 Å². The fraction of sp³-hybridized carbons (Fsp3) is 0.951. The van der Waals surface area contributed by atoms with Crippen LogP contribution in [0.1, 0.15) is 213 Å². The summed E-state index contributed by atoms with van der Waals surface area (Å²) in [6.07, 6.45) is 33.6. The van der Waals surface area contributed by atoms with E-state index in [0.717, 1.165) is 38.5 Å². The fourth-order valence-electron chi connectivity index (χ4n) is 6.17. The minimum Gasteiger partial charge on any atom is -0.462 e. The van der Waals surface area contributed by atoms with Crippen LogP contribution in [0.4, 0.5) is 0 Å². The van der Waals surface area contributed by atoms with Gasteiger partial charge in [-0.2, -0.15) is 0 Å². The highest BCUT2D eigenvalue weighted by molar-refractivity contribution is 7.47. The number of aliphatic hydroxyl groups excluding tert-OH is 2. The zero-order valence-corrected chi connectivity index (χ0v) is 34.4. The molecule has 0 rings (SSSR count). The standard InChI is InChI=1S/C41H81O10P/c1-3-5-7-9-11-13-15-16-17-18-19-20-21-23-25-27-29-31-33-41(45)51-39(37-50-52(46,47)49-35-38(43)34-42)36-48-40(44)32-30-28-26-24-22-14-12-10-8-6-4-2/h38-39,42-43H,3-37H2,1-2H3,(H,46,47). The summed E-state index contributed by atoms with van der Waals surface area (Å²) in [4.78, 5) is 34.9. The van der Waals surface area contributed by atoms with E-state index >= 15 is 0 Å². The molecule has 3 atom stereocenters. The van der Waals surface area contributed by atoms with E-state index in [1.54, 1.807) is 0 Å². The van der Waals surface area contributed by atoms with Crippen LogP contribution < -0.4 is 0 Å². The molecule has 0 aromatic rings. The zero-order valence-electron chi connectivity index (χ0n) is 33.6. The molecule has 3 unspecified atom stereocenters. The van der Waals surface area contributed by atoms with Crippen LogP contribution in [0.2, 0.25) is 0 Å². The number of unbranched alkanes of at least 4 members (excludes halogenated alkanes) is 27. The first kappa shape index (κ1) is 51.0. The summed E-state index contributed by atoms with van der Waals surface area (Å²) < 4.78 is 32.7. The molecule has 0 fully saturated rings. The predicted octanol–water partition coefficient (Wildman–Crippen LogP) is 11.1. The molecule has 0 aliphatic rings. The Morgan fingerprint density at radius 2 is 0.827 bits per heavy atom. The summed E-state index contributed by atoms with van der Waals surface area (Å²) in [6.45, 7) is 2.40. The van der Waals surface area contributed by atoms with Gasteiger partial charge >= 0.3 is 19.8 Å². The lowest BCUT2D eigenvalue weighted by atomic mass is 10.0. The molecule has 0 saturated heterocycles. The number of hydrogen-bond donors (Lipinski definition) is 3. The van der Waals surface area contributed by atoms with Crippen molar-refractivity contribution in [3.63, 3.8) is 0 Å². The molecule has 310 valence electrons. The molecule has 0 aromatic carbocycles. The molecule has 0 aliphatic heterocycles. The van der Waals surface area contributed by atoms with Crippen molar-refractivity contribution in [1.82, 2.24) is 0 Å². The second kappa shape index (κ2) is 38.3. The zero-order chi connectivity index (χ0) is 38.4. The second-order valence-electron chi connectivity index (χ2n) is 14.7. The number of ether oxygens (including phenoxy) is 2. The van der Waals surface area contributed by atoms with Crippen molar-refractivity contribution >= 4 is 19.8 Å². The van der Waals surface area contributed by atoms with Gasteiger partial charge in [-0.1, -0.05) is 187 Å². The number of phosphoric acid groups is 1. The van der Waals surface area contributed by atoms with Crippen LogP contribution >= 0.6 is 7.82 Å². The molecule has 0 saturated carbocycles. The monoisotopic (exact) mass is 765 g/mol. The third kappa shape index (κ3) is 37.3. The summed E-state index contributed by atoms with van der Waals surface area (Å²) in [6, 6.07) is 0. The first-order valence-corrected chi connectivity index (χ1v) is 23.0. The summed E-state index contributed by atoms with van der Waals surface area (Å²) >= 11 is 0. The van der Waals surface area contributed by atoms with E-state index < -0.39 is 51.8 Å². The smallest absolute Gasteiger partial charge is 0.462 e. The van der Waals surface area contributed by atoms with E-state index in [4.69, 9.17) is 19.1 Å². The lowest BCUT2D eigenvalue weighted by Crippen LogP contribution is -2.29. The lowest BCUT2D eigenvalue weighted by molar-refractivity contribution is -0.161. The highest BCUT2D eigenvalue weighted by atomic mass is 31.2. The van der Waals surface area contributed by atoms with Crippen LogP contribution in [0.25, 0.3) is 0 Å². The summed E-state index contributed by atoms with van der Waals surface area (Å²) in [5, 5.41) is 18.3. The van der Waals surface area contributed by atoms with Crippen molar-refractivity contribution in [2.45, 2.75) is 225 Å². The van der Waals surface area contributed by atoms with E-state index in [9.17, 15) is 24.2 Å². The van der Waals surface area contributed by atoms with Gasteiger partial charge in [0, 0.05) is 12.8 Å². The maximum absolute atomic E-state index is 12.6. The second-order valence-corrected chi connectivity index (χ2v) is 16.2. The van der Waals surface area contributed by atoms with Crippen LogP contribution in [-0.4, -0.2) is 65.7 Å². The Kier molecular flexibility index (Phi) is 37.5. The number of phosphoric ester groups is 1. The van der Waals surface area contributed by atoms with Crippen molar-refractivity contribution in [2.24, 2.45) is 0 Å². The van der Waals surface area contributed by atoms with Crippen molar-refractivity contribution in [2.75, 3.05) is 26.4 Å². The minimum atomic E-state index is -4.61. The Hall–Kier alpha value is -1.03. The van der Waals surface area contributed by atoms with Gasteiger partial charge in [0.15, 0.2) is 6.10 Å². The van der Waals surface area contributed by atoms with E-state index in [0.29, 0.717) is 12.8 Å². The van der Waals surface area contributed by atoms with Gasteiger partial charge in [-0.25, -0.2) is 4.57 Å². The molecule has 0 spiro atoms. The van der Waals surface area contributed by atoms with E-state index in [-0.39, 0.29) is 19.4 Å². The summed E-state index contributed by atoms with van der Waals surface area (Å²) in [7, 11) is -4.61. The number of aliphatic hydroxyl groups is 2. The average Bonchev–Trinajstić information content (AvgIpc) is 3.13. The van der Waals surface area contributed by atoms with Gasteiger partial charge in [0.1, 0.15) is 12.7 Å². The molecule has 11 heteroatoms. The normalized spacial score (nSPS) is 13.9. The van der Waals surface area contributed by atoms with Crippen molar-refractivity contribution in [1.29, 1.82) is 0 Å². The Bertz CT molecular complexity index is 842. The number of esters is 2. The number of carbonyl (C=O) groups excluding carboxylic acids is 2. The maximum Gasteiger partial charge on any atom is 0.472 e. The van der Waals surface area contributed by atoms with Crippen LogP contribution in [-0.2, 0) is 32.7 Å². The first-order chi connectivity index (χ1) is 25.2. The van der Waals surface area contributed by atoms with Crippen LogP contribution in [0.5, 0.6) is 0 Å². The molecule has 0 aromatic heterocycles. The van der Waals surface area contributed by atoms with Gasteiger partial charge in [0.25, 0.3) is 0 Å². The molecular formula is C41H81O10P. The van der Waals surface area contributed by atoms with Crippen molar-refractivity contribution < 1.29 is 47.8 Å². The third-order valence-corrected chi connectivity index (χ3v) is 10.5. The van der Waals surface area contributed by atoms with Crippen molar-refractivity contribution in [3.05, 3.63) is 0 Å². The molecule has 52 heavy (non-hydrogen) atoms. The molecule has 0 bridgehead atoms. The maximum atomic E-state index is 12.6. The van der Waals surface area contributed by atoms with Crippen molar-refractivity contribution in [3.8, 4) is 0 Å². The molecule has 0 heterocycles. The van der Waals surface area contributed by atoms with Crippen LogP contribution in [0, 0.1) is 0 Å². The van der Waals surface area contributed by atoms with Gasteiger partial charge in [0.2, 0.25) is 0 Å². The third-order valence-electron chi connectivity index (χ3n) is 9.51. The van der Waals surface area contributed by atoms with E-state index in [1.165, 1.54) is 135 Å². The van der Waals surface area contributed by atoms with E-state index in [2.05, 4.69) is 18.4 Å². The Morgan fingerprint density at radius 1 is 0.500 bits per heavy atom. The Labute approximate surface area is 318 Å². The first-order valence-electron chi connectivity index (χ1n) is 21.5. The summed E-state index contributed by atoms with van der Waals surface area (Å²) in [5.41, 5.74) is 0. The SMILES string of the molecule is CCCCCCCCCCCCCCCCCCCCC(=O)OC(COC(=O)CCCCCCCCCCCCC)COP(=O)(O)OCC(O)CO. The minimum absolute atomic E-state index is 0.192. The number of hydrogen-bond acceptors (Lipinski definition) is 9. The van der Waals surface area contributed by atoms with Gasteiger partial charge < -0.3 is 24.6 Å². The fourth-order valence-corrected chi connectivity index (χ4v) is 6.96. The number of rotatable bonds is 41. The van der Waals surface area contributed by atoms with Gasteiger partial charge in [0.05, 0.1) is 19.8 Å². The number of carbonyl (C=O) groups is 2. The van der Waals surface area contributed by atoms with Gasteiger partial charge in [-0.05, 0) is 12.8 Å². The quantitative estimate of drug-likeness (QED) is 0.0312. The highest BCUT2D eigenvalue weighted by Gasteiger charge is 2.27. The summed E-state index contributed by atoms with van der Waals surface area (Å²) in [5.74, 6) is -0.911. The van der Waals surface area contributed by atoms with Crippen LogP contribution in [0.15, 0.2) is 0 Å². The lowest BCUT2D eigenvalue weighted by Gasteiger charge is -2.20. The molecule has 0 aliphatic carbocycles. The molecule has 3 N–H and O–H groups in total. The highest BCUT2D eigenvalue weighted by Crippen LogP contribution is 2.43. The topological polar surface area (TPSA) is 149 Å². The van der Waals surface area contributed by atoms with Gasteiger partial charge in [-0.3, -0.25) is 18.6 Å². The molecule has 0 radical (unpaired) electrons. The average molecular weight is 765 g/mol. The Morgan fingerprint density at radius 3 is 1.19 bits per heavy atom. The predicted molar refractivity (Wildman–Crippen MR) is 210 cm³/mol.